The molecule has 2 aliphatic heterocycles. The Morgan fingerprint density at radius 1 is 0.867 bits per heavy atom. The third-order valence-electron chi connectivity index (χ3n) is 6.16. The van der Waals surface area contributed by atoms with Gasteiger partial charge in [-0.3, -0.25) is 14.4 Å². The van der Waals surface area contributed by atoms with Crippen LogP contribution in [-0.4, -0.2) is 65.1 Å². The summed E-state index contributed by atoms with van der Waals surface area (Å²) >= 11 is 0. The summed E-state index contributed by atoms with van der Waals surface area (Å²) in [5.74, 6) is -0.248. The van der Waals surface area contributed by atoms with Gasteiger partial charge >= 0.3 is 0 Å². The number of benzene rings is 2. The fourth-order valence-corrected chi connectivity index (χ4v) is 4.33. The highest BCUT2D eigenvalue weighted by molar-refractivity contribution is 5.94. The van der Waals surface area contributed by atoms with E-state index in [0.717, 1.165) is 5.56 Å². The Hall–Kier alpha value is -3.15. The summed E-state index contributed by atoms with van der Waals surface area (Å²) in [5.41, 5.74) is 1.75. The van der Waals surface area contributed by atoms with Crippen LogP contribution in [0.3, 0.4) is 0 Å². The van der Waals surface area contributed by atoms with Crippen LogP contribution in [0.2, 0.25) is 0 Å². The van der Waals surface area contributed by atoms with Gasteiger partial charge in [-0.2, -0.15) is 0 Å². The third-order valence-corrected chi connectivity index (χ3v) is 6.16. The quantitative estimate of drug-likeness (QED) is 0.786. The minimum absolute atomic E-state index is 0.00149. The molecule has 0 saturated carbocycles. The molecule has 2 aromatic rings. The maximum atomic E-state index is 13.0. The van der Waals surface area contributed by atoms with Gasteiger partial charge in [-0.1, -0.05) is 48.5 Å². The van der Waals surface area contributed by atoms with Crippen molar-refractivity contribution in [2.75, 3.05) is 32.7 Å². The molecule has 0 unspecified atom stereocenters. The molecule has 2 fully saturated rings. The van der Waals surface area contributed by atoms with Crippen LogP contribution in [0.1, 0.15) is 35.3 Å². The molecule has 2 heterocycles. The van der Waals surface area contributed by atoms with Crippen molar-refractivity contribution in [1.29, 1.82) is 0 Å². The molecule has 3 amide bonds. The van der Waals surface area contributed by atoms with Crippen molar-refractivity contribution < 1.29 is 14.4 Å². The molecular formula is C24H27N3O3. The summed E-state index contributed by atoms with van der Waals surface area (Å²) in [7, 11) is 0. The van der Waals surface area contributed by atoms with Crippen LogP contribution in [0.25, 0.3) is 0 Å². The number of likely N-dealkylation sites (tertiary alicyclic amines) is 1. The standard InChI is InChI=1S/C24H27N3O3/c1-18(19-8-4-2-5-9-19)27-17-21(16-22(27)28)24(30)26-14-12-25(13-15-26)23(29)20-10-6-3-7-11-20/h2-11,18,21H,12-17H2,1H3/t18-,21-/m1/s1. The first-order chi connectivity index (χ1) is 14.5. The van der Waals surface area contributed by atoms with Gasteiger partial charge in [0.2, 0.25) is 11.8 Å². The van der Waals surface area contributed by atoms with Gasteiger partial charge in [-0.15, -0.1) is 0 Å². The Kier molecular flexibility index (Phi) is 5.84. The number of rotatable bonds is 4. The van der Waals surface area contributed by atoms with Crippen LogP contribution in [0.15, 0.2) is 60.7 Å². The molecular weight excluding hydrogens is 378 g/mol. The maximum absolute atomic E-state index is 13.0. The Morgan fingerprint density at radius 2 is 1.43 bits per heavy atom. The van der Waals surface area contributed by atoms with Crippen LogP contribution >= 0.6 is 0 Å². The summed E-state index contributed by atoms with van der Waals surface area (Å²) in [6, 6.07) is 19.1. The molecule has 0 bridgehead atoms. The molecule has 2 atom stereocenters. The summed E-state index contributed by atoms with van der Waals surface area (Å²) in [6.07, 6.45) is 0.263. The lowest BCUT2D eigenvalue weighted by Crippen LogP contribution is -2.52. The van der Waals surface area contributed by atoms with Crippen LogP contribution in [-0.2, 0) is 9.59 Å². The van der Waals surface area contributed by atoms with E-state index >= 15 is 0 Å². The molecule has 0 aliphatic carbocycles. The van der Waals surface area contributed by atoms with Gasteiger partial charge in [0, 0.05) is 44.7 Å². The number of hydrogen-bond donors (Lipinski definition) is 0. The molecule has 0 radical (unpaired) electrons. The Bertz CT molecular complexity index is 908. The fraction of sp³-hybridized carbons (Fsp3) is 0.375. The van der Waals surface area contributed by atoms with Crippen molar-refractivity contribution in [2.24, 2.45) is 5.92 Å². The van der Waals surface area contributed by atoms with Gasteiger partial charge in [0.25, 0.3) is 5.91 Å². The second-order valence-corrected chi connectivity index (χ2v) is 8.02. The van der Waals surface area contributed by atoms with Gasteiger partial charge in [0.1, 0.15) is 0 Å². The fourth-order valence-electron chi connectivity index (χ4n) is 4.33. The Balaban J connectivity index is 1.33. The van der Waals surface area contributed by atoms with E-state index in [1.165, 1.54) is 0 Å². The number of carbonyl (C=O) groups excluding carboxylic acids is 3. The molecule has 0 aromatic heterocycles. The van der Waals surface area contributed by atoms with E-state index in [2.05, 4.69) is 0 Å². The number of piperazine rings is 1. The Morgan fingerprint density at radius 3 is 2.07 bits per heavy atom. The highest BCUT2D eigenvalue weighted by Gasteiger charge is 2.39. The van der Waals surface area contributed by atoms with Crippen molar-refractivity contribution in [3.8, 4) is 0 Å². The van der Waals surface area contributed by atoms with Crippen LogP contribution in [0.5, 0.6) is 0 Å². The van der Waals surface area contributed by atoms with Crippen molar-refractivity contribution in [3.63, 3.8) is 0 Å². The summed E-state index contributed by atoms with van der Waals surface area (Å²) in [4.78, 5) is 43.6. The average molecular weight is 405 g/mol. The monoisotopic (exact) mass is 405 g/mol. The second-order valence-electron chi connectivity index (χ2n) is 8.02. The van der Waals surface area contributed by atoms with Gasteiger partial charge in [0.15, 0.2) is 0 Å². The van der Waals surface area contributed by atoms with Gasteiger partial charge in [0.05, 0.1) is 12.0 Å². The third kappa shape index (κ3) is 4.08. The summed E-state index contributed by atoms with van der Waals surface area (Å²) in [5, 5.41) is 0. The molecule has 0 spiro atoms. The molecule has 6 heteroatoms. The van der Waals surface area contributed by atoms with E-state index in [9.17, 15) is 14.4 Å². The number of hydrogen-bond acceptors (Lipinski definition) is 3. The molecule has 6 nitrogen and oxygen atoms in total. The van der Waals surface area contributed by atoms with E-state index < -0.39 is 0 Å². The molecule has 30 heavy (non-hydrogen) atoms. The average Bonchev–Trinajstić information content (AvgIpc) is 3.20. The topological polar surface area (TPSA) is 60.9 Å². The SMILES string of the molecule is C[C@H](c1ccccc1)N1C[C@H](C(=O)N2CCN(C(=O)c3ccccc3)CC2)CC1=O. The van der Waals surface area contributed by atoms with Gasteiger partial charge < -0.3 is 14.7 Å². The minimum atomic E-state index is -0.306. The van der Waals surface area contributed by atoms with Crippen LogP contribution in [0, 0.1) is 5.92 Å². The van der Waals surface area contributed by atoms with Crippen molar-refractivity contribution in [1.82, 2.24) is 14.7 Å². The second kappa shape index (κ2) is 8.69. The van der Waals surface area contributed by atoms with E-state index in [1.54, 1.807) is 4.90 Å². The number of amides is 3. The van der Waals surface area contributed by atoms with Crippen LogP contribution < -0.4 is 0 Å². The summed E-state index contributed by atoms with van der Waals surface area (Å²) < 4.78 is 0. The van der Waals surface area contributed by atoms with E-state index in [0.29, 0.717) is 38.3 Å². The Labute approximate surface area is 177 Å². The van der Waals surface area contributed by atoms with Crippen LogP contribution in [0.4, 0.5) is 0 Å². The molecule has 4 rings (SSSR count). The summed E-state index contributed by atoms with van der Waals surface area (Å²) in [6.45, 7) is 4.52. The highest BCUT2D eigenvalue weighted by atomic mass is 16.2. The molecule has 156 valence electrons. The lowest BCUT2D eigenvalue weighted by atomic mass is 10.1. The lowest BCUT2D eigenvalue weighted by Gasteiger charge is -2.36. The van der Waals surface area contributed by atoms with Crippen molar-refractivity contribution in [3.05, 3.63) is 71.8 Å². The van der Waals surface area contributed by atoms with E-state index in [-0.39, 0.29) is 36.1 Å². The van der Waals surface area contributed by atoms with Crippen molar-refractivity contribution >= 4 is 17.7 Å². The largest absolute Gasteiger partial charge is 0.339 e. The first-order valence-corrected chi connectivity index (χ1v) is 10.5. The molecule has 2 aromatic carbocycles. The predicted molar refractivity (Wildman–Crippen MR) is 114 cm³/mol. The molecule has 2 aliphatic rings. The number of carbonyl (C=O) groups is 3. The zero-order valence-electron chi connectivity index (χ0n) is 17.2. The van der Waals surface area contributed by atoms with E-state index in [1.807, 2.05) is 77.4 Å². The zero-order valence-corrected chi connectivity index (χ0v) is 17.2. The number of nitrogens with zero attached hydrogens (tertiary/aromatic N) is 3. The lowest BCUT2D eigenvalue weighted by molar-refractivity contribution is -0.137. The first kappa shape index (κ1) is 20.1. The maximum Gasteiger partial charge on any atom is 0.253 e. The molecule has 2 saturated heterocycles. The zero-order chi connectivity index (χ0) is 21.1. The predicted octanol–water partition coefficient (Wildman–Crippen LogP) is 2.58. The molecule has 0 N–H and O–H groups in total. The highest BCUT2D eigenvalue weighted by Crippen LogP contribution is 2.29. The van der Waals surface area contributed by atoms with Gasteiger partial charge in [-0.05, 0) is 24.6 Å². The first-order valence-electron chi connectivity index (χ1n) is 10.5. The van der Waals surface area contributed by atoms with E-state index in [4.69, 9.17) is 0 Å². The van der Waals surface area contributed by atoms with Gasteiger partial charge in [-0.25, -0.2) is 0 Å². The normalized spacial score (nSPS) is 20.4. The smallest absolute Gasteiger partial charge is 0.253 e. The van der Waals surface area contributed by atoms with Crippen molar-refractivity contribution in [2.45, 2.75) is 19.4 Å². The minimum Gasteiger partial charge on any atom is -0.339 e.